The van der Waals surface area contributed by atoms with Crippen LogP contribution in [0.25, 0.3) is 0 Å². The molecule has 1 aliphatic heterocycles. The van der Waals surface area contributed by atoms with Crippen LogP contribution < -0.4 is 14.2 Å². The van der Waals surface area contributed by atoms with Crippen LogP contribution in [0.2, 0.25) is 0 Å². The smallest absolute Gasteiger partial charge is 0.164 e. The van der Waals surface area contributed by atoms with E-state index >= 15 is 0 Å². The Morgan fingerprint density at radius 3 is 2.00 bits per heavy atom. The Kier molecular flexibility index (Phi) is 3.63. The van der Waals surface area contributed by atoms with Crippen LogP contribution in [0.1, 0.15) is 5.56 Å². The van der Waals surface area contributed by atoms with Crippen LogP contribution in [-0.4, -0.2) is 46.3 Å². The summed E-state index contributed by atoms with van der Waals surface area (Å²) in [7, 11) is 4.75. The zero-order valence-electron chi connectivity index (χ0n) is 10.9. The molecule has 0 aliphatic carbocycles. The second-order valence-corrected chi connectivity index (χ2v) is 4.34. The van der Waals surface area contributed by atoms with E-state index in [-0.39, 0.29) is 6.61 Å². The predicted molar refractivity (Wildman–Crippen MR) is 65.7 cm³/mol. The van der Waals surface area contributed by atoms with E-state index in [4.69, 9.17) is 18.9 Å². The standard InChI is InChI=1S/C13H18O5/c1-15-10-5-12(17-3)11(16-2)4-9(10)13(6-14)7-18-8-13/h4-5,14H,6-8H2,1-3H3. The highest BCUT2D eigenvalue weighted by atomic mass is 16.5. The lowest BCUT2D eigenvalue weighted by Crippen LogP contribution is -2.49. The molecule has 1 aromatic carbocycles. The third-order valence-electron chi connectivity index (χ3n) is 3.34. The number of ether oxygens (including phenoxy) is 4. The molecule has 0 atom stereocenters. The fourth-order valence-corrected chi connectivity index (χ4v) is 2.12. The van der Waals surface area contributed by atoms with E-state index in [0.29, 0.717) is 30.5 Å². The van der Waals surface area contributed by atoms with E-state index in [1.165, 1.54) is 0 Å². The first-order chi connectivity index (χ1) is 8.70. The number of rotatable bonds is 5. The van der Waals surface area contributed by atoms with Gasteiger partial charge in [-0.05, 0) is 6.07 Å². The van der Waals surface area contributed by atoms with Gasteiger partial charge in [0.15, 0.2) is 11.5 Å². The number of benzene rings is 1. The molecule has 2 rings (SSSR count). The molecule has 0 bridgehead atoms. The van der Waals surface area contributed by atoms with Gasteiger partial charge in [0.2, 0.25) is 0 Å². The van der Waals surface area contributed by atoms with Crippen LogP contribution >= 0.6 is 0 Å². The highest BCUT2D eigenvalue weighted by Crippen LogP contribution is 2.43. The van der Waals surface area contributed by atoms with Gasteiger partial charge in [-0.15, -0.1) is 0 Å². The molecule has 100 valence electrons. The fraction of sp³-hybridized carbons (Fsp3) is 0.538. The van der Waals surface area contributed by atoms with E-state index in [9.17, 15) is 5.11 Å². The van der Waals surface area contributed by atoms with E-state index in [1.807, 2.05) is 6.07 Å². The van der Waals surface area contributed by atoms with E-state index in [2.05, 4.69) is 0 Å². The molecule has 0 spiro atoms. The van der Waals surface area contributed by atoms with Gasteiger partial charge in [0.1, 0.15) is 5.75 Å². The molecule has 5 nitrogen and oxygen atoms in total. The second kappa shape index (κ2) is 5.04. The Morgan fingerprint density at radius 2 is 1.61 bits per heavy atom. The van der Waals surface area contributed by atoms with Crippen molar-refractivity contribution in [1.82, 2.24) is 0 Å². The van der Waals surface area contributed by atoms with Gasteiger partial charge in [-0.3, -0.25) is 0 Å². The summed E-state index contributed by atoms with van der Waals surface area (Å²) in [6, 6.07) is 3.61. The minimum atomic E-state index is -0.398. The molecular formula is C13H18O5. The average Bonchev–Trinajstić information content (AvgIpc) is 2.37. The Hall–Kier alpha value is -1.46. The maximum atomic E-state index is 9.59. The quantitative estimate of drug-likeness (QED) is 0.848. The normalized spacial score (nSPS) is 16.9. The van der Waals surface area contributed by atoms with Crippen molar-refractivity contribution in [2.45, 2.75) is 5.41 Å². The van der Waals surface area contributed by atoms with Gasteiger partial charge in [-0.2, -0.15) is 0 Å². The summed E-state index contributed by atoms with van der Waals surface area (Å²) in [5.74, 6) is 1.89. The minimum Gasteiger partial charge on any atom is -0.496 e. The maximum absolute atomic E-state index is 9.59. The molecule has 0 saturated carbocycles. The summed E-state index contributed by atoms with van der Waals surface area (Å²) >= 11 is 0. The summed E-state index contributed by atoms with van der Waals surface area (Å²) < 4.78 is 21.1. The molecule has 1 fully saturated rings. The van der Waals surface area contributed by atoms with Crippen molar-refractivity contribution in [1.29, 1.82) is 0 Å². The highest BCUT2D eigenvalue weighted by Gasteiger charge is 2.42. The third kappa shape index (κ3) is 1.89. The van der Waals surface area contributed by atoms with Gasteiger partial charge in [0.25, 0.3) is 0 Å². The number of hydrogen-bond acceptors (Lipinski definition) is 5. The first kappa shape index (κ1) is 13.0. The summed E-state index contributed by atoms with van der Waals surface area (Å²) in [5.41, 5.74) is 0.488. The Bertz CT molecular complexity index is 420. The maximum Gasteiger partial charge on any atom is 0.164 e. The molecular weight excluding hydrogens is 236 g/mol. The van der Waals surface area contributed by atoms with Gasteiger partial charge in [0, 0.05) is 11.6 Å². The Balaban J connectivity index is 2.51. The van der Waals surface area contributed by atoms with Crippen LogP contribution in [0.4, 0.5) is 0 Å². The van der Waals surface area contributed by atoms with Crippen LogP contribution in [0.15, 0.2) is 12.1 Å². The largest absolute Gasteiger partial charge is 0.496 e. The first-order valence-corrected chi connectivity index (χ1v) is 5.70. The first-order valence-electron chi connectivity index (χ1n) is 5.70. The monoisotopic (exact) mass is 254 g/mol. The molecule has 1 heterocycles. The van der Waals surface area contributed by atoms with Crippen LogP contribution in [0, 0.1) is 0 Å². The number of aliphatic hydroxyl groups excluding tert-OH is 1. The second-order valence-electron chi connectivity index (χ2n) is 4.34. The third-order valence-corrected chi connectivity index (χ3v) is 3.34. The lowest BCUT2D eigenvalue weighted by molar-refractivity contribution is -0.0850. The minimum absolute atomic E-state index is 0.0127. The van der Waals surface area contributed by atoms with Gasteiger partial charge >= 0.3 is 0 Å². The number of hydrogen-bond donors (Lipinski definition) is 1. The van der Waals surface area contributed by atoms with Crippen molar-refractivity contribution in [3.8, 4) is 17.2 Å². The van der Waals surface area contributed by atoms with Crippen molar-refractivity contribution < 1.29 is 24.1 Å². The predicted octanol–water partition coefficient (Wildman–Crippen LogP) is 0.973. The van der Waals surface area contributed by atoms with Gasteiger partial charge < -0.3 is 24.1 Å². The molecule has 0 unspecified atom stereocenters. The van der Waals surface area contributed by atoms with Crippen LogP contribution in [0.5, 0.6) is 17.2 Å². The molecule has 1 saturated heterocycles. The molecule has 1 aromatic rings. The van der Waals surface area contributed by atoms with Crippen molar-refractivity contribution >= 4 is 0 Å². The molecule has 18 heavy (non-hydrogen) atoms. The van der Waals surface area contributed by atoms with Gasteiger partial charge in [0.05, 0.1) is 46.6 Å². The summed E-state index contributed by atoms with van der Waals surface area (Å²) in [6.45, 7) is 0.976. The van der Waals surface area contributed by atoms with Gasteiger partial charge in [-0.1, -0.05) is 0 Å². The molecule has 5 heteroatoms. The van der Waals surface area contributed by atoms with Crippen molar-refractivity contribution in [2.24, 2.45) is 0 Å². The number of aliphatic hydroxyl groups is 1. The Labute approximate surface area is 106 Å². The Morgan fingerprint density at radius 1 is 1.06 bits per heavy atom. The van der Waals surface area contributed by atoms with Crippen molar-refractivity contribution in [2.75, 3.05) is 41.2 Å². The van der Waals surface area contributed by atoms with Crippen molar-refractivity contribution in [3.63, 3.8) is 0 Å². The van der Waals surface area contributed by atoms with Gasteiger partial charge in [-0.25, -0.2) is 0 Å². The topological polar surface area (TPSA) is 57.2 Å². The summed E-state index contributed by atoms with van der Waals surface area (Å²) in [4.78, 5) is 0. The molecule has 1 N–H and O–H groups in total. The lowest BCUT2D eigenvalue weighted by Gasteiger charge is -2.41. The summed E-state index contributed by atoms with van der Waals surface area (Å²) in [5, 5.41) is 9.59. The summed E-state index contributed by atoms with van der Waals surface area (Å²) in [6.07, 6.45) is 0. The van der Waals surface area contributed by atoms with Crippen LogP contribution in [0.3, 0.4) is 0 Å². The zero-order valence-corrected chi connectivity index (χ0v) is 10.9. The molecule has 0 radical (unpaired) electrons. The van der Waals surface area contributed by atoms with E-state index in [1.54, 1.807) is 27.4 Å². The SMILES string of the molecule is COc1cc(OC)c(C2(CO)COC2)cc1OC. The van der Waals surface area contributed by atoms with Crippen molar-refractivity contribution in [3.05, 3.63) is 17.7 Å². The fourth-order valence-electron chi connectivity index (χ4n) is 2.12. The highest BCUT2D eigenvalue weighted by molar-refractivity contribution is 5.54. The lowest BCUT2D eigenvalue weighted by atomic mass is 9.78. The molecule has 0 aromatic heterocycles. The van der Waals surface area contributed by atoms with E-state index in [0.717, 1.165) is 5.56 Å². The van der Waals surface area contributed by atoms with E-state index < -0.39 is 5.41 Å². The zero-order chi connectivity index (χ0) is 13.2. The average molecular weight is 254 g/mol. The van der Waals surface area contributed by atoms with Crippen LogP contribution in [-0.2, 0) is 10.2 Å². The number of methoxy groups -OCH3 is 3. The molecule has 0 amide bonds. The molecule has 1 aliphatic rings.